The largest absolute Gasteiger partial charge is 0.451 e. The highest BCUT2D eigenvalue weighted by Gasteiger charge is 2.37. The fraction of sp³-hybridized carbons (Fsp3) is 0.158. The molecule has 4 aromatic rings. The SMILES string of the molecule is O=C(c1cc(=O)c2ccccc2o1)N1CC(c2nc(-c3cccs3)no2)C1. The van der Waals surface area contributed by atoms with Crippen LogP contribution in [0.1, 0.15) is 22.4 Å². The van der Waals surface area contributed by atoms with Gasteiger partial charge in [0.2, 0.25) is 11.7 Å². The smallest absolute Gasteiger partial charge is 0.289 e. The third kappa shape index (κ3) is 2.74. The molecule has 134 valence electrons. The lowest BCUT2D eigenvalue weighted by atomic mass is 9.99. The molecule has 27 heavy (non-hydrogen) atoms. The number of thiophene rings is 1. The molecule has 1 aliphatic heterocycles. The maximum atomic E-state index is 12.6. The Hall–Kier alpha value is -3.26. The van der Waals surface area contributed by atoms with Crippen molar-refractivity contribution >= 4 is 28.2 Å². The Bertz CT molecular complexity index is 1190. The van der Waals surface area contributed by atoms with Crippen LogP contribution in [0, 0.1) is 0 Å². The fourth-order valence-corrected chi connectivity index (χ4v) is 3.72. The molecule has 8 heteroatoms. The zero-order valence-corrected chi connectivity index (χ0v) is 14.8. The second kappa shape index (κ2) is 6.17. The normalized spacial score (nSPS) is 14.4. The molecule has 0 aliphatic carbocycles. The van der Waals surface area contributed by atoms with E-state index >= 15 is 0 Å². The maximum Gasteiger partial charge on any atom is 0.289 e. The highest BCUT2D eigenvalue weighted by Crippen LogP contribution is 2.30. The molecule has 1 saturated heterocycles. The van der Waals surface area contributed by atoms with Crippen LogP contribution in [0.3, 0.4) is 0 Å². The highest BCUT2D eigenvalue weighted by molar-refractivity contribution is 7.13. The first-order valence-electron chi connectivity index (χ1n) is 8.39. The van der Waals surface area contributed by atoms with Crippen LogP contribution in [0.2, 0.25) is 0 Å². The molecule has 0 N–H and O–H groups in total. The molecular weight excluding hydrogens is 366 g/mol. The molecule has 0 spiro atoms. The van der Waals surface area contributed by atoms with Crippen molar-refractivity contribution in [2.45, 2.75) is 5.92 Å². The van der Waals surface area contributed by atoms with E-state index in [-0.39, 0.29) is 23.0 Å². The number of rotatable bonds is 3. The quantitative estimate of drug-likeness (QED) is 0.543. The van der Waals surface area contributed by atoms with Crippen LogP contribution < -0.4 is 5.43 Å². The summed E-state index contributed by atoms with van der Waals surface area (Å²) in [5.41, 5.74) is 0.178. The van der Waals surface area contributed by atoms with Crippen molar-refractivity contribution in [3.05, 3.63) is 69.7 Å². The zero-order chi connectivity index (χ0) is 18.4. The molecule has 0 unspecified atom stereocenters. The zero-order valence-electron chi connectivity index (χ0n) is 14.0. The lowest BCUT2D eigenvalue weighted by Crippen LogP contribution is -2.48. The Labute approximate surface area is 156 Å². The van der Waals surface area contributed by atoms with Gasteiger partial charge in [0, 0.05) is 19.2 Å². The van der Waals surface area contributed by atoms with Crippen molar-refractivity contribution in [3.63, 3.8) is 0 Å². The molecule has 0 radical (unpaired) electrons. The minimum absolute atomic E-state index is 0.0117. The number of amides is 1. The average molecular weight is 379 g/mol. The molecule has 1 aromatic carbocycles. The Morgan fingerprint density at radius 3 is 2.85 bits per heavy atom. The molecule has 7 nitrogen and oxygen atoms in total. The van der Waals surface area contributed by atoms with Gasteiger partial charge in [-0.05, 0) is 23.6 Å². The molecule has 5 rings (SSSR count). The number of para-hydroxylation sites is 1. The van der Waals surface area contributed by atoms with Crippen molar-refractivity contribution in [2.24, 2.45) is 0 Å². The number of hydrogen-bond acceptors (Lipinski definition) is 7. The van der Waals surface area contributed by atoms with E-state index in [0.29, 0.717) is 35.8 Å². The van der Waals surface area contributed by atoms with Crippen molar-refractivity contribution in [2.75, 3.05) is 13.1 Å². The van der Waals surface area contributed by atoms with E-state index in [1.165, 1.54) is 6.07 Å². The summed E-state index contributed by atoms with van der Waals surface area (Å²) in [6.07, 6.45) is 0. The molecule has 1 amide bonds. The van der Waals surface area contributed by atoms with Gasteiger partial charge in [0.15, 0.2) is 11.2 Å². The van der Waals surface area contributed by atoms with Crippen LogP contribution in [0.5, 0.6) is 0 Å². The summed E-state index contributed by atoms with van der Waals surface area (Å²) in [5.74, 6) is 0.795. The second-order valence-corrected chi connectivity index (χ2v) is 7.26. The van der Waals surface area contributed by atoms with Gasteiger partial charge in [-0.3, -0.25) is 9.59 Å². The molecule has 0 saturated carbocycles. The van der Waals surface area contributed by atoms with Gasteiger partial charge in [-0.2, -0.15) is 4.98 Å². The standard InChI is InChI=1S/C19H13N3O4S/c23-13-8-15(25-14-5-2-1-4-12(13)14)19(24)22-9-11(10-22)18-20-17(21-26-18)16-6-3-7-27-16/h1-8,11H,9-10H2. The van der Waals surface area contributed by atoms with E-state index in [2.05, 4.69) is 10.1 Å². The van der Waals surface area contributed by atoms with E-state index in [4.69, 9.17) is 8.94 Å². The Kier molecular flexibility index (Phi) is 3.64. The maximum absolute atomic E-state index is 12.6. The first kappa shape index (κ1) is 16.0. The van der Waals surface area contributed by atoms with Crippen LogP contribution in [0.15, 0.2) is 61.6 Å². The van der Waals surface area contributed by atoms with Gasteiger partial charge in [-0.1, -0.05) is 23.4 Å². The Balaban J connectivity index is 1.32. The summed E-state index contributed by atoms with van der Waals surface area (Å²) in [7, 11) is 0. The third-order valence-corrected chi connectivity index (χ3v) is 5.41. The van der Waals surface area contributed by atoms with Crippen LogP contribution in [-0.2, 0) is 0 Å². The highest BCUT2D eigenvalue weighted by atomic mass is 32.1. The number of carbonyl (C=O) groups is 1. The monoisotopic (exact) mass is 379 g/mol. The van der Waals surface area contributed by atoms with Gasteiger partial charge in [0.25, 0.3) is 5.91 Å². The van der Waals surface area contributed by atoms with Crippen LogP contribution in [0.4, 0.5) is 0 Å². The number of nitrogens with zero attached hydrogens (tertiary/aromatic N) is 3. The van der Waals surface area contributed by atoms with Gasteiger partial charge in [-0.25, -0.2) is 0 Å². The predicted octanol–water partition coefficient (Wildman–Crippen LogP) is 3.14. The fourth-order valence-electron chi connectivity index (χ4n) is 3.07. The molecule has 4 heterocycles. The predicted molar refractivity (Wildman–Crippen MR) is 98.7 cm³/mol. The van der Waals surface area contributed by atoms with Crippen LogP contribution in [0.25, 0.3) is 21.7 Å². The summed E-state index contributed by atoms with van der Waals surface area (Å²) in [5, 5.41) is 6.41. The van der Waals surface area contributed by atoms with Crippen LogP contribution >= 0.6 is 11.3 Å². The summed E-state index contributed by atoms with van der Waals surface area (Å²) >= 11 is 1.54. The number of carbonyl (C=O) groups excluding carboxylic acids is 1. The molecule has 1 aliphatic rings. The lowest BCUT2D eigenvalue weighted by Gasteiger charge is -2.36. The van der Waals surface area contributed by atoms with Gasteiger partial charge in [0.1, 0.15) is 5.58 Å². The first-order valence-corrected chi connectivity index (χ1v) is 9.26. The number of hydrogen-bond donors (Lipinski definition) is 0. The van der Waals surface area contributed by atoms with Gasteiger partial charge in [0.05, 0.1) is 16.2 Å². The van der Waals surface area contributed by atoms with E-state index in [9.17, 15) is 9.59 Å². The number of fused-ring (bicyclic) bond motifs is 1. The number of aromatic nitrogens is 2. The average Bonchev–Trinajstić information content (AvgIpc) is 3.32. The summed E-state index contributed by atoms with van der Waals surface area (Å²) in [6, 6.07) is 12.0. The van der Waals surface area contributed by atoms with E-state index in [1.807, 2.05) is 17.5 Å². The van der Waals surface area contributed by atoms with E-state index in [0.717, 1.165) is 4.88 Å². The first-order chi connectivity index (χ1) is 13.2. The van der Waals surface area contributed by atoms with E-state index in [1.54, 1.807) is 40.5 Å². The van der Waals surface area contributed by atoms with Crippen LogP contribution in [-0.4, -0.2) is 34.0 Å². The molecule has 1 fully saturated rings. The van der Waals surface area contributed by atoms with Gasteiger partial charge < -0.3 is 13.8 Å². The summed E-state index contributed by atoms with van der Waals surface area (Å²) in [4.78, 5) is 31.8. The minimum Gasteiger partial charge on any atom is -0.451 e. The van der Waals surface area contributed by atoms with Gasteiger partial charge in [-0.15, -0.1) is 11.3 Å². The molecule has 0 atom stereocenters. The van der Waals surface area contributed by atoms with E-state index < -0.39 is 0 Å². The van der Waals surface area contributed by atoms with Crippen molar-refractivity contribution in [1.82, 2.24) is 15.0 Å². The topological polar surface area (TPSA) is 89.4 Å². The van der Waals surface area contributed by atoms with Gasteiger partial charge >= 0.3 is 0 Å². The Morgan fingerprint density at radius 1 is 1.19 bits per heavy atom. The molecular formula is C19H13N3O4S. The van der Waals surface area contributed by atoms with Crippen molar-refractivity contribution in [1.29, 1.82) is 0 Å². The molecule has 0 bridgehead atoms. The number of benzene rings is 1. The summed E-state index contributed by atoms with van der Waals surface area (Å²) in [6.45, 7) is 0.892. The Morgan fingerprint density at radius 2 is 2.04 bits per heavy atom. The second-order valence-electron chi connectivity index (χ2n) is 6.31. The van der Waals surface area contributed by atoms with Crippen molar-refractivity contribution < 1.29 is 13.7 Å². The number of likely N-dealkylation sites (tertiary alicyclic amines) is 1. The lowest BCUT2D eigenvalue weighted by molar-refractivity contribution is 0.0537. The minimum atomic E-state index is -0.313. The molecule has 3 aromatic heterocycles. The van der Waals surface area contributed by atoms with Crippen molar-refractivity contribution in [3.8, 4) is 10.7 Å². The summed E-state index contributed by atoms with van der Waals surface area (Å²) < 4.78 is 11.0. The third-order valence-electron chi connectivity index (χ3n) is 4.55.